The van der Waals surface area contributed by atoms with Crippen LogP contribution in [-0.2, 0) is 16.1 Å². The molecule has 0 aliphatic rings. The summed E-state index contributed by atoms with van der Waals surface area (Å²) < 4.78 is 50.8. The topological polar surface area (TPSA) is 93.5 Å². The average Bonchev–Trinajstić information content (AvgIpc) is 3.13. The summed E-state index contributed by atoms with van der Waals surface area (Å²) in [5.74, 6) is -3.31. The lowest BCUT2D eigenvalue weighted by Gasteiger charge is -2.34. The molecular weight excluding hydrogens is 355 g/mol. The molecule has 10 heteroatoms. The number of ether oxygens (including phenoxy) is 1. The van der Waals surface area contributed by atoms with Crippen molar-refractivity contribution in [3.8, 4) is 0 Å². The molecule has 0 bridgehead atoms. The van der Waals surface area contributed by atoms with Gasteiger partial charge in [0.05, 0.1) is 18.6 Å². The van der Waals surface area contributed by atoms with Gasteiger partial charge in [0.2, 0.25) is 0 Å². The molecule has 7 nitrogen and oxygen atoms in total. The molecule has 2 aromatic heterocycles. The Kier molecular flexibility index (Phi) is 5.98. The van der Waals surface area contributed by atoms with Crippen LogP contribution >= 0.6 is 0 Å². The van der Waals surface area contributed by atoms with E-state index < -0.39 is 30.3 Å². The summed E-state index contributed by atoms with van der Waals surface area (Å²) in [5.41, 5.74) is -3.23. The molecule has 1 amide bonds. The van der Waals surface area contributed by atoms with Crippen molar-refractivity contribution < 1.29 is 31.9 Å². The van der Waals surface area contributed by atoms with Gasteiger partial charge in [-0.15, -0.1) is 0 Å². The predicted molar refractivity (Wildman–Crippen MR) is 82.7 cm³/mol. The van der Waals surface area contributed by atoms with Gasteiger partial charge in [0, 0.05) is 12.7 Å². The van der Waals surface area contributed by atoms with E-state index in [1.165, 1.54) is 31.3 Å². The van der Waals surface area contributed by atoms with Crippen molar-refractivity contribution in [1.29, 1.82) is 0 Å². The number of furan rings is 1. The van der Waals surface area contributed by atoms with Crippen molar-refractivity contribution in [2.24, 2.45) is 0 Å². The van der Waals surface area contributed by atoms with Gasteiger partial charge < -0.3 is 14.5 Å². The predicted octanol–water partition coefficient (Wildman–Crippen LogP) is 2.02. The van der Waals surface area contributed by atoms with E-state index in [4.69, 9.17) is 4.42 Å². The lowest BCUT2D eigenvalue weighted by Crippen LogP contribution is -2.72. The highest BCUT2D eigenvalue weighted by Gasteiger charge is 2.63. The normalized spacial score (nSPS) is 13.7. The first-order chi connectivity index (χ1) is 12.3. The molecule has 1 unspecified atom stereocenters. The van der Waals surface area contributed by atoms with Gasteiger partial charge in [0.25, 0.3) is 11.6 Å². The summed E-state index contributed by atoms with van der Waals surface area (Å²) >= 11 is 0. The first kappa shape index (κ1) is 19.4. The standard InChI is InChI=1S/C16H16F3N3O4/c1-2-25-14(24)15(16(17,18)19,21-10-11-6-3-4-8-20-11)22-13(23)12-7-5-9-26-12/h3-9,21H,2,10H2,1H3,(H,22,23). The highest BCUT2D eigenvalue weighted by molar-refractivity contribution is 5.96. The molecule has 0 spiro atoms. The van der Waals surface area contributed by atoms with Crippen LogP contribution in [0, 0.1) is 0 Å². The molecule has 26 heavy (non-hydrogen) atoms. The second kappa shape index (κ2) is 8.00. The Hall–Kier alpha value is -2.88. The highest BCUT2D eigenvalue weighted by atomic mass is 19.4. The summed E-state index contributed by atoms with van der Waals surface area (Å²) in [5, 5.41) is 3.69. The van der Waals surface area contributed by atoms with Gasteiger partial charge >= 0.3 is 12.1 Å². The Bertz CT molecular complexity index is 735. The number of amides is 1. The monoisotopic (exact) mass is 371 g/mol. The fraction of sp³-hybridized carbons (Fsp3) is 0.312. The minimum atomic E-state index is -5.20. The SMILES string of the molecule is CCOC(=O)C(NCc1ccccn1)(NC(=O)c1ccco1)C(F)(F)F. The van der Waals surface area contributed by atoms with Crippen molar-refractivity contribution in [2.75, 3.05) is 6.61 Å². The van der Waals surface area contributed by atoms with Gasteiger partial charge in [-0.2, -0.15) is 13.2 Å². The van der Waals surface area contributed by atoms with Gasteiger partial charge in [-0.05, 0) is 31.2 Å². The molecule has 2 heterocycles. The molecule has 2 aromatic rings. The zero-order valence-electron chi connectivity index (χ0n) is 13.7. The molecule has 1 atom stereocenters. The Morgan fingerprint density at radius 3 is 2.54 bits per heavy atom. The van der Waals surface area contributed by atoms with E-state index >= 15 is 0 Å². The molecule has 0 fully saturated rings. The summed E-state index contributed by atoms with van der Waals surface area (Å²) in [4.78, 5) is 28.2. The Morgan fingerprint density at radius 1 is 1.23 bits per heavy atom. The van der Waals surface area contributed by atoms with Crippen LogP contribution in [0.25, 0.3) is 0 Å². The Morgan fingerprint density at radius 2 is 2.00 bits per heavy atom. The van der Waals surface area contributed by atoms with E-state index in [-0.39, 0.29) is 18.1 Å². The molecule has 0 aliphatic heterocycles. The van der Waals surface area contributed by atoms with Gasteiger partial charge in [0.15, 0.2) is 5.76 Å². The number of hydrogen-bond donors (Lipinski definition) is 2. The lowest BCUT2D eigenvalue weighted by atomic mass is 10.1. The maximum Gasteiger partial charge on any atom is 0.436 e. The fourth-order valence-electron chi connectivity index (χ4n) is 2.06. The van der Waals surface area contributed by atoms with Crippen molar-refractivity contribution in [3.05, 3.63) is 54.2 Å². The number of aromatic nitrogens is 1. The van der Waals surface area contributed by atoms with E-state index in [0.717, 1.165) is 6.26 Å². The molecule has 0 aliphatic carbocycles. The van der Waals surface area contributed by atoms with Gasteiger partial charge in [0.1, 0.15) is 0 Å². The second-order valence-corrected chi connectivity index (χ2v) is 5.07. The summed E-state index contributed by atoms with van der Waals surface area (Å²) in [6.45, 7) is 0.599. The van der Waals surface area contributed by atoms with Crippen LogP contribution in [-0.4, -0.2) is 35.3 Å². The zero-order valence-corrected chi connectivity index (χ0v) is 13.7. The largest absolute Gasteiger partial charge is 0.463 e. The van der Waals surface area contributed by atoms with Crippen LogP contribution in [0.4, 0.5) is 13.2 Å². The summed E-state index contributed by atoms with van der Waals surface area (Å²) in [6, 6.07) is 7.12. The molecule has 0 aromatic carbocycles. The van der Waals surface area contributed by atoms with Crippen molar-refractivity contribution in [3.63, 3.8) is 0 Å². The summed E-state index contributed by atoms with van der Waals surface area (Å²) in [7, 11) is 0. The number of pyridine rings is 1. The van der Waals surface area contributed by atoms with Crippen LogP contribution in [0.2, 0.25) is 0 Å². The van der Waals surface area contributed by atoms with E-state index in [1.54, 1.807) is 17.4 Å². The number of halogens is 3. The van der Waals surface area contributed by atoms with Gasteiger partial charge in [-0.3, -0.25) is 15.1 Å². The van der Waals surface area contributed by atoms with Crippen LogP contribution in [0.5, 0.6) is 0 Å². The third-order valence-electron chi connectivity index (χ3n) is 3.31. The molecule has 0 saturated carbocycles. The van der Waals surface area contributed by atoms with E-state index in [0.29, 0.717) is 0 Å². The summed E-state index contributed by atoms with van der Waals surface area (Å²) in [6.07, 6.45) is -2.69. The Balaban J connectivity index is 2.36. The van der Waals surface area contributed by atoms with Crippen LogP contribution < -0.4 is 10.6 Å². The number of nitrogens with zero attached hydrogens (tertiary/aromatic N) is 1. The van der Waals surface area contributed by atoms with E-state index in [9.17, 15) is 22.8 Å². The molecule has 2 rings (SSSR count). The average molecular weight is 371 g/mol. The number of nitrogens with one attached hydrogen (secondary N) is 2. The fourth-order valence-corrected chi connectivity index (χ4v) is 2.06. The Labute approximate surface area is 146 Å². The first-order valence-corrected chi connectivity index (χ1v) is 7.55. The maximum atomic E-state index is 13.8. The second-order valence-electron chi connectivity index (χ2n) is 5.07. The quantitative estimate of drug-likeness (QED) is 0.571. The molecule has 140 valence electrons. The maximum absolute atomic E-state index is 13.8. The van der Waals surface area contributed by atoms with Crippen LogP contribution in [0.1, 0.15) is 23.2 Å². The van der Waals surface area contributed by atoms with Gasteiger partial charge in [-0.1, -0.05) is 6.07 Å². The van der Waals surface area contributed by atoms with E-state index in [1.807, 2.05) is 5.32 Å². The van der Waals surface area contributed by atoms with Crippen LogP contribution in [0.15, 0.2) is 47.2 Å². The minimum Gasteiger partial charge on any atom is -0.463 e. The third kappa shape index (κ3) is 4.20. The molecule has 2 N–H and O–H groups in total. The smallest absolute Gasteiger partial charge is 0.436 e. The number of carbonyl (C=O) groups excluding carboxylic acids is 2. The minimum absolute atomic E-state index is 0.234. The van der Waals surface area contributed by atoms with Crippen LogP contribution in [0.3, 0.4) is 0 Å². The lowest BCUT2D eigenvalue weighted by molar-refractivity contribution is -0.219. The van der Waals surface area contributed by atoms with Crippen molar-refractivity contribution in [1.82, 2.24) is 15.6 Å². The molecular formula is C16H16F3N3O4. The highest BCUT2D eigenvalue weighted by Crippen LogP contribution is 2.30. The molecule has 0 saturated heterocycles. The first-order valence-electron chi connectivity index (χ1n) is 7.55. The number of carbonyl (C=O) groups is 2. The van der Waals surface area contributed by atoms with E-state index in [2.05, 4.69) is 9.72 Å². The molecule has 0 radical (unpaired) electrons. The zero-order chi connectivity index (χ0) is 19.2. The number of rotatable bonds is 7. The number of alkyl halides is 3. The third-order valence-corrected chi connectivity index (χ3v) is 3.31. The number of hydrogen-bond acceptors (Lipinski definition) is 6. The van der Waals surface area contributed by atoms with Crippen molar-refractivity contribution in [2.45, 2.75) is 25.3 Å². The number of esters is 1. The van der Waals surface area contributed by atoms with Crippen molar-refractivity contribution >= 4 is 11.9 Å². The van der Waals surface area contributed by atoms with Gasteiger partial charge in [-0.25, -0.2) is 4.79 Å².